The van der Waals surface area contributed by atoms with Gasteiger partial charge >= 0.3 is 6.18 Å². The van der Waals surface area contributed by atoms with Crippen molar-refractivity contribution in [1.29, 1.82) is 10.5 Å². The lowest BCUT2D eigenvalue weighted by atomic mass is 10.1. The molecule has 0 aliphatic carbocycles. The zero-order valence-corrected chi connectivity index (χ0v) is 10.5. The van der Waals surface area contributed by atoms with Gasteiger partial charge in [0.15, 0.2) is 11.4 Å². The number of hydrogen-bond acceptors (Lipinski definition) is 4. The first-order chi connectivity index (χ1) is 9.86. The summed E-state index contributed by atoms with van der Waals surface area (Å²) >= 11 is 0. The van der Waals surface area contributed by atoms with Crippen molar-refractivity contribution in [3.63, 3.8) is 0 Å². The zero-order valence-electron chi connectivity index (χ0n) is 10.5. The lowest BCUT2D eigenvalue weighted by Gasteiger charge is -2.14. The number of nitrogens with zero attached hydrogens (tertiary/aromatic N) is 4. The van der Waals surface area contributed by atoms with Gasteiger partial charge in [-0.15, -0.1) is 0 Å². The lowest BCUT2D eigenvalue weighted by Crippen LogP contribution is -2.13. The predicted molar refractivity (Wildman–Crippen MR) is 66.6 cm³/mol. The molecule has 2 rings (SSSR count). The summed E-state index contributed by atoms with van der Waals surface area (Å²) < 4.78 is 40.2. The van der Waals surface area contributed by atoms with E-state index >= 15 is 0 Å². The Morgan fingerprint density at radius 2 is 1.95 bits per heavy atom. The minimum atomic E-state index is -4.56. The fourth-order valence-corrected chi connectivity index (χ4v) is 1.88. The largest absolute Gasteiger partial charge is 0.416 e. The third-order valence-electron chi connectivity index (χ3n) is 2.83. The second kappa shape index (κ2) is 5.17. The van der Waals surface area contributed by atoms with E-state index in [1.165, 1.54) is 16.7 Å². The first-order valence-electron chi connectivity index (χ1n) is 5.67. The highest BCUT2D eigenvalue weighted by Gasteiger charge is 2.33. The van der Waals surface area contributed by atoms with E-state index in [1.54, 1.807) is 12.1 Å². The lowest BCUT2D eigenvalue weighted by molar-refractivity contribution is -0.138. The minimum Gasteiger partial charge on any atom is -0.399 e. The summed E-state index contributed by atoms with van der Waals surface area (Å²) in [5.41, 5.74) is 4.24. The van der Waals surface area contributed by atoms with Crippen molar-refractivity contribution in [2.45, 2.75) is 12.7 Å². The van der Waals surface area contributed by atoms with Crippen molar-refractivity contribution in [2.24, 2.45) is 0 Å². The average Bonchev–Trinajstić information content (AvgIpc) is 2.81. The monoisotopic (exact) mass is 291 g/mol. The van der Waals surface area contributed by atoms with Crippen LogP contribution in [0.25, 0.3) is 0 Å². The van der Waals surface area contributed by atoms with Crippen LogP contribution in [0.15, 0.2) is 24.5 Å². The molecular weight excluding hydrogens is 283 g/mol. The van der Waals surface area contributed by atoms with Crippen LogP contribution in [0.4, 0.5) is 18.9 Å². The number of nitrogen functional groups attached to an aromatic ring is 1. The van der Waals surface area contributed by atoms with Gasteiger partial charge in [-0.1, -0.05) is 6.07 Å². The summed E-state index contributed by atoms with van der Waals surface area (Å²) in [5.74, 6) is 0. The molecule has 1 aromatic heterocycles. The quantitative estimate of drug-likeness (QED) is 0.859. The first-order valence-corrected chi connectivity index (χ1v) is 5.67. The van der Waals surface area contributed by atoms with Crippen LogP contribution in [0.3, 0.4) is 0 Å². The van der Waals surface area contributed by atoms with Crippen LogP contribution >= 0.6 is 0 Å². The summed E-state index contributed by atoms with van der Waals surface area (Å²) in [6, 6.07) is 6.89. The Morgan fingerprint density at radius 3 is 2.52 bits per heavy atom. The van der Waals surface area contributed by atoms with Crippen LogP contribution in [-0.4, -0.2) is 9.55 Å². The molecule has 2 aromatic rings. The molecule has 0 saturated heterocycles. The highest BCUT2D eigenvalue weighted by Crippen LogP contribution is 2.33. The van der Waals surface area contributed by atoms with Crippen molar-refractivity contribution in [3.8, 4) is 12.1 Å². The highest BCUT2D eigenvalue weighted by molar-refractivity contribution is 5.46. The molecule has 0 amide bonds. The number of nitriles is 2. The van der Waals surface area contributed by atoms with Gasteiger partial charge in [0.25, 0.3) is 0 Å². The van der Waals surface area contributed by atoms with Gasteiger partial charge in [-0.25, -0.2) is 4.98 Å². The van der Waals surface area contributed by atoms with E-state index in [0.717, 1.165) is 12.4 Å². The van der Waals surface area contributed by atoms with Crippen molar-refractivity contribution in [2.75, 3.05) is 5.73 Å². The summed E-state index contributed by atoms with van der Waals surface area (Å²) in [5, 5.41) is 17.7. The molecular formula is C13H8F3N5. The third-order valence-corrected chi connectivity index (χ3v) is 2.83. The van der Waals surface area contributed by atoms with Gasteiger partial charge in [-0.3, -0.25) is 0 Å². The Hall–Kier alpha value is -3.00. The molecule has 5 nitrogen and oxygen atoms in total. The standard InChI is InChI=1S/C13H8F3N5/c14-13(15,16)10-3-9(19)2-1-8(10)6-21-7-20-11(4-17)12(21)5-18/h1-3,7H,6,19H2. The molecule has 0 aliphatic heterocycles. The summed E-state index contributed by atoms with van der Waals surface area (Å²) in [4.78, 5) is 3.68. The number of aromatic nitrogens is 2. The molecule has 106 valence electrons. The van der Waals surface area contributed by atoms with Crippen LogP contribution in [0.1, 0.15) is 22.5 Å². The molecule has 21 heavy (non-hydrogen) atoms. The average molecular weight is 291 g/mol. The summed E-state index contributed by atoms with van der Waals surface area (Å²) in [6.45, 7) is -0.229. The Morgan fingerprint density at radius 1 is 1.24 bits per heavy atom. The second-order valence-electron chi connectivity index (χ2n) is 4.21. The molecule has 0 unspecified atom stereocenters. The first kappa shape index (κ1) is 14.4. The highest BCUT2D eigenvalue weighted by atomic mass is 19.4. The number of rotatable bonds is 2. The van der Waals surface area contributed by atoms with Gasteiger partial charge in [-0.2, -0.15) is 23.7 Å². The van der Waals surface area contributed by atoms with Gasteiger partial charge in [0.1, 0.15) is 12.1 Å². The van der Waals surface area contributed by atoms with Crippen LogP contribution in [0.5, 0.6) is 0 Å². The smallest absolute Gasteiger partial charge is 0.399 e. The Labute approximate surface area is 117 Å². The number of imidazole rings is 1. The van der Waals surface area contributed by atoms with E-state index < -0.39 is 11.7 Å². The maximum absolute atomic E-state index is 13.0. The molecule has 1 aromatic carbocycles. The topological polar surface area (TPSA) is 91.4 Å². The van der Waals surface area contributed by atoms with Crippen LogP contribution in [0, 0.1) is 22.7 Å². The van der Waals surface area contributed by atoms with Gasteiger partial charge in [0.2, 0.25) is 0 Å². The third kappa shape index (κ3) is 2.79. The Balaban J connectivity index is 2.49. The van der Waals surface area contributed by atoms with Crippen molar-refractivity contribution < 1.29 is 13.2 Å². The molecule has 0 fully saturated rings. The number of benzene rings is 1. The molecule has 8 heteroatoms. The van der Waals surface area contributed by atoms with E-state index in [1.807, 2.05) is 0 Å². The normalized spacial score (nSPS) is 10.9. The molecule has 0 bridgehead atoms. The van der Waals surface area contributed by atoms with Crippen molar-refractivity contribution >= 4 is 5.69 Å². The Kier molecular flexibility index (Phi) is 3.55. The molecule has 0 spiro atoms. The van der Waals surface area contributed by atoms with Gasteiger partial charge in [0.05, 0.1) is 18.4 Å². The second-order valence-corrected chi connectivity index (χ2v) is 4.21. The molecule has 1 heterocycles. The number of nitrogens with two attached hydrogens (primary N) is 1. The maximum Gasteiger partial charge on any atom is 0.416 e. The maximum atomic E-state index is 13.0. The molecule has 0 saturated carbocycles. The minimum absolute atomic E-state index is 0.00470. The van der Waals surface area contributed by atoms with Crippen LogP contribution in [-0.2, 0) is 12.7 Å². The zero-order chi connectivity index (χ0) is 15.6. The number of hydrogen-bond donors (Lipinski definition) is 1. The van der Waals surface area contributed by atoms with Gasteiger partial charge in [-0.05, 0) is 17.7 Å². The summed E-state index contributed by atoms with van der Waals surface area (Å²) in [7, 11) is 0. The van der Waals surface area contributed by atoms with E-state index in [9.17, 15) is 13.2 Å². The molecule has 0 aliphatic rings. The fraction of sp³-hybridized carbons (Fsp3) is 0.154. The van der Waals surface area contributed by atoms with Crippen LogP contribution in [0.2, 0.25) is 0 Å². The SMILES string of the molecule is N#Cc1ncn(Cc2ccc(N)cc2C(F)(F)F)c1C#N. The molecule has 0 atom stereocenters. The van der Waals surface area contributed by atoms with Crippen molar-refractivity contribution in [1.82, 2.24) is 9.55 Å². The Bertz CT molecular complexity index is 762. The number of alkyl halides is 3. The van der Waals surface area contributed by atoms with E-state index in [2.05, 4.69) is 4.98 Å². The predicted octanol–water partition coefficient (Wildman–Crippen LogP) is 2.28. The van der Waals surface area contributed by atoms with Crippen molar-refractivity contribution in [3.05, 3.63) is 47.0 Å². The van der Waals surface area contributed by atoms with E-state index in [-0.39, 0.29) is 29.2 Å². The fourth-order valence-electron chi connectivity index (χ4n) is 1.88. The number of halogens is 3. The summed E-state index contributed by atoms with van der Waals surface area (Å²) in [6.07, 6.45) is -3.40. The van der Waals surface area contributed by atoms with Gasteiger partial charge in [0, 0.05) is 5.69 Å². The van der Waals surface area contributed by atoms with E-state index in [0.29, 0.717) is 0 Å². The molecule has 2 N–H and O–H groups in total. The molecule has 0 radical (unpaired) electrons. The van der Waals surface area contributed by atoms with Gasteiger partial charge < -0.3 is 10.3 Å². The van der Waals surface area contributed by atoms with E-state index in [4.69, 9.17) is 16.3 Å². The number of anilines is 1. The van der Waals surface area contributed by atoms with Crippen LogP contribution < -0.4 is 5.73 Å².